The Labute approximate surface area is 107 Å². The van der Waals surface area contributed by atoms with Gasteiger partial charge in [0.1, 0.15) is 0 Å². The molecule has 0 aliphatic heterocycles. The molecule has 9 heteroatoms. The van der Waals surface area contributed by atoms with Crippen molar-refractivity contribution < 1.29 is 28.0 Å². The number of aliphatic hydroxyl groups is 1. The van der Waals surface area contributed by atoms with Gasteiger partial charge in [-0.1, -0.05) is 0 Å². The molecule has 0 spiro atoms. The van der Waals surface area contributed by atoms with Crippen LogP contribution in [0.3, 0.4) is 0 Å². The van der Waals surface area contributed by atoms with Crippen LogP contribution in [0.4, 0.5) is 0 Å². The molecule has 0 heterocycles. The molecule has 0 aromatic carbocycles. The van der Waals surface area contributed by atoms with Crippen molar-refractivity contribution in [3.05, 3.63) is 0 Å². The molecule has 0 fully saturated rings. The van der Waals surface area contributed by atoms with Crippen molar-refractivity contribution in [2.75, 3.05) is 0 Å². The van der Waals surface area contributed by atoms with E-state index in [1.54, 1.807) is 0 Å². The topological polar surface area (TPSA) is 112 Å². The standard InChI is InChI=1S/C2H4O6S.2Na.2H/c3-1(4)2(5)9(6,7)8;;;;/h2,5H,(H,3,4)(H,6,7,8);;;;. The SMILES string of the molecule is O=C(O)C(O)S(=O)(=O)O.[NaH].[NaH]. The molecule has 0 aliphatic carbocycles. The van der Waals surface area contributed by atoms with E-state index >= 15 is 0 Å². The molecule has 6 nitrogen and oxygen atoms in total. The summed E-state index contributed by atoms with van der Waals surface area (Å²) in [6, 6.07) is 0. The van der Waals surface area contributed by atoms with Gasteiger partial charge in [-0.15, -0.1) is 0 Å². The summed E-state index contributed by atoms with van der Waals surface area (Å²) < 4.78 is 27.2. The van der Waals surface area contributed by atoms with E-state index in [4.69, 9.17) is 14.8 Å². The number of carboxylic acids is 1. The third kappa shape index (κ3) is 7.69. The second kappa shape index (κ2) is 6.81. The van der Waals surface area contributed by atoms with Crippen molar-refractivity contribution in [2.45, 2.75) is 5.44 Å². The summed E-state index contributed by atoms with van der Waals surface area (Å²) in [7, 11) is -4.85. The van der Waals surface area contributed by atoms with Gasteiger partial charge in [-0.3, -0.25) is 4.55 Å². The zero-order chi connectivity index (χ0) is 7.65. The van der Waals surface area contributed by atoms with Crippen LogP contribution in [0.5, 0.6) is 0 Å². The first kappa shape index (κ1) is 18.2. The Balaban J connectivity index is -0.000000320. The zero-order valence-corrected chi connectivity index (χ0v) is 4.87. The first-order valence-corrected chi connectivity index (χ1v) is 3.23. The first-order valence-electron chi connectivity index (χ1n) is 1.73. The maximum atomic E-state index is 9.70. The molecule has 0 aromatic rings. The molecule has 0 saturated heterocycles. The van der Waals surface area contributed by atoms with Gasteiger partial charge >= 0.3 is 75.2 Å². The van der Waals surface area contributed by atoms with E-state index in [2.05, 4.69) is 0 Å². The molecule has 0 radical (unpaired) electrons. The zero-order valence-electron chi connectivity index (χ0n) is 4.05. The number of carbonyl (C=O) groups is 1. The van der Waals surface area contributed by atoms with Gasteiger partial charge in [0.2, 0.25) is 0 Å². The van der Waals surface area contributed by atoms with Crippen molar-refractivity contribution in [3.63, 3.8) is 0 Å². The van der Waals surface area contributed by atoms with Crippen LogP contribution in [0.2, 0.25) is 0 Å². The van der Waals surface area contributed by atoms with Crippen molar-refractivity contribution in [1.29, 1.82) is 0 Å². The summed E-state index contributed by atoms with van der Waals surface area (Å²) >= 11 is 0. The molecule has 58 valence electrons. The van der Waals surface area contributed by atoms with Gasteiger partial charge < -0.3 is 10.2 Å². The fourth-order valence-electron chi connectivity index (χ4n) is 0.127. The van der Waals surface area contributed by atoms with E-state index in [1.807, 2.05) is 0 Å². The van der Waals surface area contributed by atoms with E-state index in [-0.39, 0.29) is 59.1 Å². The van der Waals surface area contributed by atoms with Crippen LogP contribution in [0.25, 0.3) is 0 Å². The molecule has 0 aromatic heterocycles. The summed E-state index contributed by atoms with van der Waals surface area (Å²) in [6.07, 6.45) is 0. The van der Waals surface area contributed by atoms with Crippen LogP contribution in [0.15, 0.2) is 0 Å². The third-order valence-corrected chi connectivity index (χ3v) is 1.26. The van der Waals surface area contributed by atoms with Crippen LogP contribution in [-0.2, 0) is 14.9 Å². The number of aliphatic carboxylic acids is 1. The third-order valence-electron chi connectivity index (χ3n) is 0.493. The monoisotopic (exact) mass is 204 g/mol. The van der Waals surface area contributed by atoms with Gasteiger partial charge in [0.25, 0.3) is 5.44 Å². The Morgan fingerprint density at radius 2 is 1.55 bits per heavy atom. The molecule has 0 saturated carbocycles. The van der Waals surface area contributed by atoms with Gasteiger partial charge in [-0.05, 0) is 0 Å². The second-order valence-electron chi connectivity index (χ2n) is 1.21. The summed E-state index contributed by atoms with van der Waals surface area (Å²) in [4.78, 5) is 9.56. The van der Waals surface area contributed by atoms with Gasteiger partial charge in [0, 0.05) is 0 Å². The number of hydrogen-bond donors (Lipinski definition) is 3. The first-order chi connectivity index (χ1) is 3.85. The number of carboxylic acid groups (broad SMARTS) is 1. The molecule has 0 aliphatic rings. The van der Waals surface area contributed by atoms with E-state index in [1.165, 1.54) is 0 Å². The number of aliphatic hydroxyl groups excluding tert-OH is 1. The van der Waals surface area contributed by atoms with Crippen molar-refractivity contribution >= 4 is 75.2 Å². The van der Waals surface area contributed by atoms with E-state index < -0.39 is 21.5 Å². The van der Waals surface area contributed by atoms with E-state index in [9.17, 15) is 13.2 Å². The summed E-state index contributed by atoms with van der Waals surface area (Å²) in [5.74, 6) is -2.00. The number of hydrogen-bond acceptors (Lipinski definition) is 4. The minimum atomic E-state index is -4.85. The molecule has 1 atom stereocenters. The van der Waals surface area contributed by atoms with Crippen molar-refractivity contribution in [3.8, 4) is 0 Å². The van der Waals surface area contributed by atoms with Crippen LogP contribution in [-0.4, -0.2) is 93.7 Å². The molecular formula is C2H6Na2O6S. The summed E-state index contributed by atoms with van der Waals surface area (Å²) in [6.45, 7) is 0. The Kier molecular flexibility index (Phi) is 11.3. The summed E-state index contributed by atoms with van der Waals surface area (Å²) in [5, 5.41) is 15.8. The van der Waals surface area contributed by atoms with E-state index in [0.717, 1.165) is 0 Å². The van der Waals surface area contributed by atoms with Gasteiger partial charge in [-0.2, -0.15) is 8.42 Å². The fourth-order valence-corrected chi connectivity index (χ4v) is 0.382. The molecule has 1 unspecified atom stereocenters. The molecule has 0 rings (SSSR count). The van der Waals surface area contributed by atoms with Gasteiger partial charge in [-0.25, -0.2) is 4.79 Å². The predicted molar refractivity (Wildman–Crippen MR) is 39.5 cm³/mol. The maximum absolute atomic E-state index is 9.70. The fraction of sp³-hybridized carbons (Fsp3) is 0.500. The van der Waals surface area contributed by atoms with Gasteiger partial charge in [0.15, 0.2) is 0 Å². The average molecular weight is 204 g/mol. The Bertz CT molecular complexity index is 209. The van der Waals surface area contributed by atoms with Crippen molar-refractivity contribution in [1.82, 2.24) is 0 Å². The molecule has 0 amide bonds. The van der Waals surface area contributed by atoms with Crippen LogP contribution >= 0.6 is 0 Å². The Morgan fingerprint density at radius 1 is 1.27 bits per heavy atom. The summed E-state index contributed by atoms with van der Waals surface area (Å²) in [5.41, 5.74) is -2.74. The molecular weight excluding hydrogens is 198 g/mol. The quantitative estimate of drug-likeness (QED) is 0.326. The Hall–Kier alpha value is 1.34. The van der Waals surface area contributed by atoms with Crippen molar-refractivity contribution in [2.24, 2.45) is 0 Å². The molecule has 0 bridgehead atoms. The Morgan fingerprint density at radius 3 is 1.55 bits per heavy atom. The predicted octanol–water partition coefficient (Wildman–Crippen LogP) is -3.02. The van der Waals surface area contributed by atoms with E-state index in [0.29, 0.717) is 0 Å². The average Bonchev–Trinajstić information content (AvgIpc) is 1.62. The number of rotatable bonds is 2. The molecule has 3 N–H and O–H groups in total. The second-order valence-corrected chi connectivity index (χ2v) is 2.68. The van der Waals surface area contributed by atoms with Crippen LogP contribution in [0.1, 0.15) is 0 Å². The minimum absolute atomic E-state index is 0. The normalized spacial score (nSPS) is 12.2. The van der Waals surface area contributed by atoms with Crippen LogP contribution in [0, 0.1) is 0 Å². The molecule has 11 heavy (non-hydrogen) atoms. The van der Waals surface area contributed by atoms with Gasteiger partial charge in [0.05, 0.1) is 0 Å². The van der Waals surface area contributed by atoms with Crippen LogP contribution < -0.4 is 0 Å².